The molecule has 6 nitrogen and oxygen atoms in total. The summed E-state index contributed by atoms with van der Waals surface area (Å²) in [5, 5.41) is 12.2. The Kier molecular flexibility index (Phi) is 3.58. The molecule has 0 aliphatic rings. The van der Waals surface area contributed by atoms with E-state index >= 15 is 0 Å². The van der Waals surface area contributed by atoms with Crippen molar-refractivity contribution in [1.82, 2.24) is 25.0 Å². The van der Waals surface area contributed by atoms with Gasteiger partial charge >= 0.3 is 0 Å². The highest BCUT2D eigenvalue weighted by atomic mass is 35.5. The van der Waals surface area contributed by atoms with E-state index in [1.165, 1.54) is 11.8 Å². The average molecular weight is 273 g/mol. The molecule has 0 aromatic carbocycles. The predicted molar refractivity (Wildman–Crippen MR) is 68.0 cm³/mol. The Balaban J connectivity index is 2.13. The Hall–Kier alpha value is -1.21. The van der Waals surface area contributed by atoms with Crippen LogP contribution < -0.4 is 5.73 Å². The van der Waals surface area contributed by atoms with Gasteiger partial charge in [-0.25, -0.2) is 5.10 Å². The Morgan fingerprint density at radius 2 is 2.29 bits per heavy atom. The van der Waals surface area contributed by atoms with Crippen LogP contribution in [0.2, 0.25) is 5.02 Å². The molecule has 92 valence electrons. The Bertz CT molecular complexity index is 520. The lowest BCUT2D eigenvalue weighted by Gasteiger charge is -2.02. The fraction of sp³-hybridized carbons (Fsp3) is 0.444. The third-order valence-corrected chi connectivity index (χ3v) is 3.62. The number of anilines is 1. The minimum atomic E-state index is 0.318. The molecule has 0 bridgehead atoms. The van der Waals surface area contributed by atoms with Gasteiger partial charge in [0, 0.05) is 12.3 Å². The first kappa shape index (κ1) is 12.3. The molecule has 0 radical (unpaired) electrons. The zero-order valence-corrected chi connectivity index (χ0v) is 11.1. The van der Waals surface area contributed by atoms with Gasteiger partial charge in [-0.1, -0.05) is 23.4 Å². The smallest absolute Gasteiger partial charge is 0.216 e. The molecule has 0 saturated heterocycles. The van der Waals surface area contributed by atoms with Crippen molar-refractivity contribution in [1.29, 1.82) is 0 Å². The molecule has 0 amide bonds. The summed E-state index contributed by atoms with van der Waals surface area (Å²) in [6, 6.07) is 0. The molecule has 0 fully saturated rings. The maximum absolute atomic E-state index is 6.19. The van der Waals surface area contributed by atoms with Crippen LogP contribution in [0, 0.1) is 6.92 Å². The van der Waals surface area contributed by atoms with Crippen LogP contribution >= 0.6 is 23.4 Å². The summed E-state index contributed by atoms with van der Waals surface area (Å²) in [6.45, 7) is 4.72. The van der Waals surface area contributed by atoms with E-state index in [1.54, 1.807) is 0 Å². The maximum Gasteiger partial charge on any atom is 0.216 e. The number of rotatable bonds is 4. The summed E-state index contributed by atoms with van der Waals surface area (Å²) < 4.78 is 1.89. The molecule has 0 atom stereocenters. The van der Waals surface area contributed by atoms with Gasteiger partial charge in [-0.05, 0) is 13.8 Å². The lowest BCUT2D eigenvalue weighted by Crippen LogP contribution is -2.01. The number of hydrogen-bond donors (Lipinski definition) is 2. The number of nitrogens with one attached hydrogen (secondary N) is 1. The molecule has 0 spiro atoms. The number of halogens is 1. The predicted octanol–water partition coefficient (Wildman–Crippen LogP) is 1.86. The fourth-order valence-electron chi connectivity index (χ4n) is 1.46. The molecule has 2 heterocycles. The first-order valence-corrected chi connectivity index (χ1v) is 6.50. The average Bonchev–Trinajstić information content (AvgIpc) is 2.83. The molecule has 8 heteroatoms. The van der Waals surface area contributed by atoms with Crippen molar-refractivity contribution in [2.75, 3.05) is 5.73 Å². The monoisotopic (exact) mass is 272 g/mol. The van der Waals surface area contributed by atoms with Gasteiger partial charge in [0.05, 0.1) is 16.4 Å². The normalized spacial score (nSPS) is 11.0. The highest BCUT2D eigenvalue weighted by Gasteiger charge is 2.13. The molecule has 2 rings (SSSR count). The summed E-state index contributed by atoms with van der Waals surface area (Å²) in [7, 11) is 0. The van der Waals surface area contributed by atoms with Crippen LogP contribution in [0.1, 0.15) is 18.3 Å². The van der Waals surface area contributed by atoms with Gasteiger partial charge in [0.25, 0.3) is 0 Å². The molecular formula is C9H13ClN6S. The molecule has 0 saturated carbocycles. The molecule has 2 aromatic heterocycles. The van der Waals surface area contributed by atoms with Gasteiger partial charge in [0.2, 0.25) is 11.1 Å². The third kappa shape index (κ3) is 2.55. The number of hydrogen-bond acceptors (Lipinski definition) is 5. The van der Waals surface area contributed by atoms with Crippen LogP contribution in [0.3, 0.4) is 0 Å². The van der Waals surface area contributed by atoms with E-state index in [9.17, 15) is 0 Å². The molecule has 0 aliphatic heterocycles. The first-order chi connectivity index (χ1) is 8.11. The summed E-state index contributed by atoms with van der Waals surface area (Å²) in [6.07, 6.45) is 0. The Morgan fingerprint density at radius 1 is 1.53 bits per heavy atom. The van der Waals surface area contributed by atoms with E-state index < -0.39 is 0 Å². The number of aryl methyl sites for hydroxylation is 2. The number of aromatic nitrogens is 5. The van der Waals surface area contributed by atoms with Gasteiger partial charge in [-0.3, -0.25) is 4.68 Å². The number of aromatic amines is 1. The maximum atomic E-state index is 6.19. The quantitative estimate of drug-likeness (QED) is 0.830. The standard InChI is InChI=1S/C9H13ClN6S/c1-3-16-6(7(10)5(2)15-16)4-17-9-12-8(11)13-14-9/h3-4H2,1-2H3,(H3,11,12,13,14). The van der Waals surface area contributed by atoms with Crippen LogP contribution in [0.15, 0.2) is 5.16 Å². The molecule has 0 unspecified atom stereocenters. The number of nitrogen functional groups attached to an aromatic ring is 1. The zero-order valence-electron chi connectivity index (χ0n) is 9.57. The lowest BCUT2D eigenvalue weighted by molar-refractivity contribution is 0.632. The van der Waals surface area contributed by atoms with E-state index in [2.05, 4.69) is 20.3 Å². The van der Waals surface area contributed by atoms with Crippen molar-refractivity contribution < 1.29 is 0 Å². The molecule has 2 aromatic rings. The SMILES string of the molecule is CCn1nc(C)c(Cl)c1CSc1n[nH]c(N)n1. The van der Waals surface area contributed by atoms with Gasteiger partial charge in [-0.2, -0.15) is 10.1 Å². The van der Waals surface area contributed by atoms with Gasteiger partial charge in [-0.15, -0.1) is 5.10 Å². The zero-order chi connectivity index (χ0) is 12.4. The first-order valence-electron chi connectivity index (χ1n) is 5.14. The van der Waals surface area contributed by atoms with E-state index in [-0.39, 0.29) is 0 Å². The summed E-state index contributed by atoms with van der Waals surface area (Å²) in [5.74, 6) is 0.990. The minimum absolute atomic E-state index is 0.318. The summed E-state index contributed by atoms with van der Waals surface area (Å²) in [4.78, 5) is 4.02. The second-order valence-corrected chi connectivity index (χ2v) is 4.77. The highest BCUT2D eigenvalue weighted by molar-refractivity contribution is 7.98. The molecular weight excluding hydrogens is 260 g/mol. The topological polar surface area (TPSA) is 85.4 Å². The highest BCUT2D eigenvalue weighted by Crippen LogP contribution is 2.27. The van der Waals surface area contributed by atoms with E-state index in [4.69, 9.17) is 17.3 Å². The van der Waals surface area contributed by atoms with Crippen molar-refractivity contribution in [3.63, 3.8) is 0 Å². The Labute approximate surface area is 108 Å². The van der Waals surface area contributed by atoms with Gasteiger partial charge in [0.1, 0.15) is 0 Å². The lowest BCUT2D eigenvalue weighted by atomic mass is 10.4. The number of H-pyrrole nitrogens is 1. The van der Waals surface area contributed by atoms with Crippen molar-refractivity contribution in [2.24, 2.45) is 0 Å². The second kappa shape index (κ2) is 4.97. The number of nitrogens with zero attached hydrogens (tertiary/aromatic N) is 4. The van der Waals surface area contributed by atoms with Crippen molar-refractivity contribution in [2.45, 2.75) is 31.3 Å². The van der Waals surface area contributed by atoms with Crippen molar-refractivity contribution >= 4 is 29.3 Å². The van der Waals surface area contributed by atoms with Crippen molar-refractivity contribution in [3.05, 3.63) is 16.4 Å². The van der Waals surface area contributed by atoms with Crippen LogP contribution in [-0.2, 0) is 12.3 Å². The van der Waals surface area contributed by atoms with E-state index in [0.717, 1.165) is 17.9 Å². The number of nitrogens with two attached hydrogens (primary N) is 1. The second-order valence-electron chi connectivity index (χ2n) is 3.45. The van der Waals surface area contributed by atoms with Crippen LogP contribution in [0.25, 0.3) is 0 Å². The Morgan fingerprint density at radius 3 is 2.88 bits per heavy atom. The van der Waals surface area contributed by atoms with E-state index in [0.29, 0.717) is 21.9 Å². The molecule has 3 N–H and O–H groups in total. The third-order valence-electron chi connectivity index (χ3n) is 2.27. The summed E-state index contributed by atoms with van der Waals surface area (Å²) in [5.41, 5.74) is 7.28. The largest absolute Gasteiger partial charge is 0.368 e. The van der Waals surface area contributed by atoms with Crippen molar-refractivity contribution in [3.8, 4) is 0 Å². The van der Waals surface area contributed by atoms with Gasteiger partial charge in [0.15, 0.2) is 0 Å². The fourth-order valence-corrected chi connectivity index (χ4v) is 2.58. The summed E-state index contributed by atoms with van der Waals surface area (Å²) >= 11 is 7.67. The van der Waals surface area contributed by atoms with Crippen LogP contribution in [0.4, 0.5) is 5.95 Å². The van der Waals surface area contributed by atoms with Crippen LogP contribution in [-0.4, -0.2) is 25.0 Å². The van der Waals surface area contributed by atoms with Gasteiger partial charge < -0.3 is 5.73 Å². The van der Waals surface area contributed by atoms with E-state index in [1.807, 2.05) is 18.5 Å². The van der Waals surface area contributed by atoms with Crippen LogP contribution in [0.5, 0.6) is 0 Å². The molecule has 0 aliphatic carbocycles. The number of thioether (sulfide) groups is 1. The minimum Gasteiger partial charge on any atom is -0.368 e. The molecule has 17 heavy (non-hydrogen) atoms.